The highest BCUT2D eigenvalue weighted by Gasteiger charge is 2.55. The van der Waals surface area contributed by atoms with E-state index < -0.39 is 0 Å². The summed E-state index contributed by atoms with van der Waals surface area (Å²) in [5.74, 6) is 1.13. The van der Waals surface area contributed by atoms with Crippen LogP contribution < -0.4 is 0 Å². The predicted molar refractivity (Wildman–Crippen MR) is 69.5 cm³/mol. The summed E-state index contributed by atoms with van der Waals surface area (Å²) in [5, 5.41) is 0. The Morgan fingerprint density at radius 3 is 2.76 bits per heavy atom. The minimum Gasteiger partial charge on any atom is -0.294 e. The average molecular weight is 228 g/mol. The number of allylic oxidation sites excluding steroid dienone is 6. The molecule has 0 aliphatic heterocycles. The summed E-state index contributed by atoms with van der Waals surface area (Å²) < 4.78 is 0. The second kappa shape index (κ2) is 3.44. The Morgan fingerprint density at radius 1 is 1.24 bits per heavy atom. The maximum atomic E-state index is 12.5. The van der Waals surface area contributed by atoms with Gasteiger partial charge in [0.05, 0.1) is 0 Å². The molecule has 0 heterocycles. The number of rotatable bonds is 0. The van der Waals surface area contributed by atoms with E-state index >= 15 is 0 Å². The van der Waals surface area contributed by atoms with Gasteiger partial charge in [0.25, 0.3) is 0 Å². The molecule has 0 aromatic rings. The lowest BCUT2D eigenvalue weighted by Gasteiger charge is -2.40. The first-order valence-electron chi connectivity index (χ1n) is 6.60. The topological polar surface area (TPSA) is 17.1 Å². The fourth-order valence-electron chi connectivity index (χ4n) is 4.03. The Hall–Kier alpha value is -1.11. The summed E-state index contributed by atoms with van der Waals surface area (Å²) in [5.41, 5.74) is 4.22. The molecule has 0 bridgehead atoms. The van der Waals surface area contributed by atoms with Gasteiger partial charge in [-0.1, -0.05) is 36.3 Å². The first kappa shape index (κ1) is 11.0. The zero-order valence-electron chi connectivity index (χ0n) is 10.9. The van der Waals surface area contributed by atoms with E-state index in [1.807, 2.05) is 0 Å². The van der Waals surface area contributed by atoms with Crippen LogP contribution in [0.5, 0.6) is 0 Å². The quantitative estimate of drug-likeness (QED) is 0.576. The third-order valence-corrected chi connectivity index (χ3v) is 5.24. The second-order valence-electron chi connectivity index (χ2n) is 6.20. The van der Waals surface area contributed by atoms with Crippen LogP contribution in [0.1, 0.15) is 40.0 Å². The van der Waals surface area contributed by atoms with Crippen LogP contribution in [0.2, 0.25) is 0 Å². The minimum atomic E-state index is 0.178. The van der Waals surface area contributed by atoms with Crippen LogP contribution in [0.3, 0.4) is 0 Å². The molecule has 0 spiro atoms. The molecule has 3 aliphatic rings. The maximum absolute atomic E-state index is 12.5. The van der Waals surface area contributed by atoms with Gasteiger partial charge in [0.15, 0.2) is 5.78 Å². The summed E-state index contributed by atoms with van der Waals surface area (Å²) in [7, 11) is 0. The fourth-order valence-corrected chi connectivity index (χ4v) is 4.03. The summed E-state index contributed by atoms with van der Waals surface area (Å²) >= 11 is 0. The van der Waals surface area contributed by atoms with Gasteiger partial charge >= 0.3 is 0 Å². The van der Waals surface area contributed by atoms with Gasteiger partial charge in [0, 0.05) is 5.92 Å². The predicted octanol–water partition coefficient (Wildman–Crippen LogP) is 3.82. The highest BCUT2D eigenvalue weighted by atomic mass is 16.1. The van der Waals surface area contributed by atoms with Gasteiger partial charge in [-0.25, -0.2) is 0 Å². The van der Waals surface area contributed by atoms with Crippen molar-refractivity contribution in [1.82, 2.24) is 0 Å². The average Bonchev–Trinajstić information content (AvgIpc) is 2.52. The molecule has 0 aromatic heterocycles. The van der Waals surface area contributed by atoms with Crippen molar-refractivity contribution in [2.24, 2.45) is 17.3 Å². The Bertz CT molecular complexity index is 478. The number of carbonyl (C=O) groups excluding carboxylic acids is 1. The lowest BCUT2D eigenvalue weighted by atomic mass is 9.63. The first-order valence-corrected chi connectivity index (χ1v) is 6.60. The number of carbonyl (C=O) groups is 1. The first-order chi connectivity index (χ1) is 8.04. The standard InChI is InChI=1S/C16H20O/c1-10-8-14-15(17)12-6-4-5-7-13(12)16(14,3)9-11(10)2/h4-6,13-14H,7-9H2,1-3H3/t13?,14?,16-/m1/s1. The normalized spacial score (nSPS) is 40.2. The molecule has 0 aromatic carbocycles. The second-order valence-corrected chi connectivity index (χ2v) is 6.20. The third-order valence-electron chi connectivity index (χ3n) is 5.24. The molecular weight excluding hydrogens is 208 g/mol. The molecule has 1 fully saturated rings. The van der Waals surface area contributed by atoms with Crippen LogP contribution in [0.15, 0.2) is 34.9 Å². The lowest BCUT2D eigenvalue weighted by molar-refractivity contribution is -0.119. The van der Waals surface area contributed by atoms with E-state index in [1.54, 1.807) is 0 Å². The smallest absolute Gasteiger partial charge is 0.163 e. The molecule has 1 saturated carbocycles. The van der Waals surface area contributed by atoms with Crippen molar-refractivity contribution in [1.29, 1.82) is 0 Å². The highest BCUT2D eigenvalue weighted by Crippen LogP contribution is 2.58. The Kier molecular flexibility index (Phi) is 2.23. The minimum absolute atomic E-state index is 0.178. The van der Waals surface area contributed by atoms with Crippen molar-refractivity contribution in [3.05, 3.63) is 34.9 Å². The van der Waals surface area contributed by atoms with Gasteiger partial charge in [-0.3, -0.25) is 4.79 Å². The molecule has 1 nitrogen and oxygen atoms in total. The van der Waals surface area contributed by atoms with E-state index in [2.05, 4.69) is 39.0 Å². The summed E-state index contributed by atoms with van der Waals surface area (Å²) in [6.45, 7) is 6.76. The molecule has 2 unspecified atom stereocenters. The molecule has 3 rings (SSSR count). The lowest BCUT2D eigenvalue weighted by Crippen LogP contribution is -2.34. The number of Topliss-reactive ketones (excluding diaryl/α,β-unsaturated/α-hetero) is 1. The number of hydrogen-bond acceptors (Lipinski definition) is 1. The van der Waals surface area contributed by atoms with Crippen LogP contribution in [0, 0.1) is 17.3 Å². The fraction of sp³-hybridized carbons (Fsp3) is 0.562. The van der Waals surface area contributed by atoms with Gasteiger partial charge in [-0.2, -0.15) is 0 Å². The van der Waals surface area contributed by atoms with E-state index in [4.69, 9.17) is 0 Å². The SMILES string of the molecule is CC1=C(C)C[C@@]2(C)C(C1)C(=O)C1=CC=CCC12. The molecular formula is C16H20O. The Morgan fingerprint density at radius 2 is 2.00 bits per heavy atom. The molecule has 0 N–H and O–H groups in total. The third kappa shape index (κ3) is 1.34. The van der Waals surface area contributed by atoms with Crippen LogP contribution in [0.25, 0.3) is 0 Å². The number of fused-ring (bicyclic) bond motifs is 3. The van der Waals surface area contributed by atoms with Crippen LogP contribution in [-0.2, 0) is 4.79 Å². The summed E-state index contributed by atoms with van der Waals surface area (Å²) in [4.78, 5) is 12.5. The summed E-state index contributed by atoms with van der Waals surface area (Å²) in [6, 6.07) is 0. The molecule has 0 amide bonds. The Balaban J connectivity index is 2.08. The van der Waals surface area contributed by atoms with Crippen molar-refractivity contribution >= 4 is 5.78 Å². The van der Waals surface area contributed by atoms with Crippen LogP contribution in [-0.4, -0.2) is 5.78 Å². The van der Waals surface area contributed by atoms with Gasteiger partial charge < -0.3 is 0 Å². The van der Waals surface area contributed by atoms with Crippen molar-refractivity contribution < 1.29 is 4.79 Å². The van der Waals surface area contributed by atoms with E-state index in [-0.39, 0.29) is 11.3 Å². The largest absolute Gasteiger partial charge is 0.294 e. The molecule has 3 atom stereocenters. The van der Waals surface area contributed by atoms with Gasteiger partial charge in [0.2, 0.25) is 0 Å². The molecule has 3 aliphatic carbocycles. The van der Waals surface area contributed by atoms with Crippen LogP contribution >= 0.6 is 0 Å². The molecule has 90 valence electrons. The molecule has 1 heteroatoms. The van der Waals surface area contributed by atoms with Crippen molar-refractivity contribution in [2.45, 2.75) is 40.0 Å². The van der Waals surface area contributed by atoms with Gasteiger partial charge in [-0.15, -0.1) is 0 Å². The van der Waals surface area contributed by atoms with Crippen molar-refractivity contribution in [3.63, 3.8) is 0 Å². The van der Waals surface area contributed by atoms with Crippen LogP contribution in [0.4, 0.5) is 0 Å². The van der Waals surface area contributed by atoms with E-state index in [1.165, 1.54) is 11.1 Å². The monoisotopic (exact) mass is 228 g/mol. The molecule has 17 heavy (non-hydrogen) atoms. The van der Waals surface area contributed by atoms with Crippen molar-refractivity contribution in [2.75, 3.05) is 0 Å². The summed E-state index contributed by atoms with van der Waals surface area (Å²) in [6.07, 6.45) is 9.47. The zero-order chi connectivity index (χ0) is 12.2. The van der Waals surface area contributed by atoms with E-state index in [0.29, 0.717) is 11.7 Å². The number of ketones is 1. The van der Waals surface area contributed by atoms with E-state index in [0.717, 1.165) is 24.8 Å². The van der Waals surface area contributed by atoms with Crippen molar-refractivity contribution in [3.8, 4) is 0 Å². The van der Waals surface area contributed by atoms with E-state index in [9.17, 15) is 4.79 Å². The van der Waals surface area contributed by atoms with Gasteiger partial charge in [-0.05, 0) is 50.0 Å². The molecule has 0 radical (unpaired) electrons. The Labute approximate surface area is 103 Å². The maximum Gasteiger partial charge on any atom is 0.163 e. The highest BCUT2D eigenvalue weighted by molar-refractivity contribution is 6.02. The zero-order valence-corrected chi connectivity index (χ0v) is 10.9. The number of hydrogen-bond donors (Lipinski definition) is 0. The molecule has 0 saturated heterocycles. The van der Waals surface area contributed by atoms with Gasteiger partial charge in [0.1, 0.15) is 0 Å².